The van der Waals surface area contributed by atoms with Crippen LogP contribution in [0.15, 0.2) is 66.0 Å². The van der Waals surface area contributed by atoms with Crippen LogP contribution in [0.25, 0.3) is 11.4 Å². The van der Waals surface area contributed by atoms with Gasteiger partial charge < -0.3 is 10.6 Å². The van der Waals surface area contributed by atoms with Gasteiger partial charge in [0.15, 0.2) is 10.6 Å². The Morgan fingerprint density at radius 2 is 1.81 bits per heavy atom. The van der Waals surface area contributed by atoms with E-state index >= 15 is 0 Å². The topological polar surface area (TPSA) is 91.8 Å². The largest absolute Gasteiger partial charge is 0.326 e. The Morgan fingerprint density at radius 3 is 2.50 bits per heavy atom. The van der Waals surface area contributed by atoms with E-state index in [0.29, 0.717) is 33.4 Å². The van der Waals surface area contributed by atoms with Gasteiger partial charge in [0.1, 0.15) is 0 Å². The number of H-pyrrole nitrogens is 1. The summed E-state index contributed by atoms with van der Waals surface area (Å²) >= 11 is 6.73. The molecule has 4 aromatic rings. The van der Waals surface area contributed by atoms with Crippen LogP contribution in [-0.2, 0) is 11.3 Å². The SMILES string of the molecule is Cc1cccc(-c2n[nH]c(=S)n2CCC(=O)Nc2ccc(NC(=O)c3cccs3)cc2)c1. The van der Waals surface area contributed by atoms with Crippen molar-refractivity contribution in [3.63, 3.8) is 0 Å². The molecule has 0 saturated heterocycles. The van der Waals surface area contributed by atoms with E-state index in [1.54, 1.807) is 30.3 Å². The Bertz CT molecular complexity index is 1290. The van der Waals surface area contributed by atoms with Gasteiger partial charge >= 0.3 is 0 Å². The summed E-state index contributed by atoms with van der Waals surface area (Å²) in [5.74, 6) is 0.411. The lowest BCUT2D eigenvalue weighted by Gasteiger charge is -2.09. The third kappa shape index (κ3) is 5.19. The molecule has 2 aromatic heterocycles. The molecule has 0 atom stereocenters. The van der Waals surface area contributed by atoms with Crippen molar-refractivity contribution in [1.29, 1.82) is 0 Å². The number of aromatic nitrogens is 3. The Labute approximate surface area is 194 Å². The summed E-state index contributed by atoms with van der Waals surface area (Å²) in [5.41, 5.74) is 3.38. The highest BCUT2D eigenvalue weighted by molar-refractivity contribution is 7.71. The number of hydrogen-bond donors (Lipinski definition) is 3. The highest BCUT2D eigenvalue weighted by Crippen LogP contribution is 2.20. The van der Waals surface area contributed by atoms with Gasteiger partial charge in [-0.25, -0.2) is 0 Å². The molecular weight excluding hydrogens is 442 g/mol. The van der Waals surface area contributed by atoms with Crippen LogP contribution in [0.2, 0.25) is 0 Å². The number of amides is 2. The van der Waals surface area contributed by atoms with E-state index in [1.165, 1.54) is 11.3 Å². The van der Waals surface area contributed by atoms with E-state index in [0.717, 1.165) is 11.1 Å². The van der Waals surface area contributed by atoms with Crippen LogP contribution in [-0.4, -0.2) is 26.6 Å². The lowest BCUT2D eigenvalue weighted by Crippen LogP contribution is -2.15. The Hall–Kier alpha value is -3.56. The molecule has 2 aromatic carbocycles. The molecule has 0 radical (unpaired) electrons. The van der Waals surface area contributed by atoms with Crippen molar-refractivity contribution in [1.82, 2.24) is 14.8 Å². The van der Waals surface area contributed by atoms with Crippen molar-refractivity contribution >= 4 is 46.7 Å². The molecule has 0 spiro atoms. The normalized spacial score (nSPS) is 10.7. The van der Waals surface area contributed by atoms with E-state index in [1.807, 2.05) is 47.2 Å². The zero-order chi connectivity index (χ0) is 22.5. The fourth-order valence-electron chi connectivity index (χ4n) is 3.20. The van der Waals surface area contributed by atoms with Crippen LogP contribution in [0.3, 0.4) is 0 Å². The monoisotopic (exact) mass is 463 g/mol. The Kier molecular flexibility index (Phi) is 6.58. The lowest BCUT2D eigenvalue weighted by molar-refractivity contribution is -0.116. The fraction of sp³-hybridized carbons (Fsp3) is 0.130. The van der Waals surface area contributed by atoms with Crippen LogP contribution in [0.5, 0.6) is 0 Å². The first kappa shape index (κ1) is 21.7. The van der Waals surface area contributed by atoms with Gasteiger partial charge in [-0.3, -0.25) is 19.3 Å². The molecule has 4 rings (SSSR count). The number of hydrogen-bond acceptors (Lipinski definition) is 5. The highest BCUT2D eigenvalue weighted by atomic mass is 32.1. The molecule has 0 aliphatic rings. The first-order valence-electron chi connectivity index (χ1n) is 9.96. The third-order valence-electron chi connectivity index (χ3n) is 4.77. The zero-order valence-electron chi connectivity index (χ0n) is 17.3. The summed E-state index contributed by atoms with van der Waals surface area (Å²) in [6.07, 6.45) is 0.240. The number of rotatable bonds is 7. The van der Waals surface area contributed by atoms with Crippen molar-refractivity contribution in [2.45, 2.75) is 19.9 Å². The van der Waals surface area contributed by atoms with Crippen molar-refractivity contribution in [2.75, 3.05) is 10.6 Å². The number of nitrogens with zero attached hydrogens (tertiary/aromatic N) is 2. The molecule has 0 aliphatic carbocycles. The van der Waals surface area contributed by atoms with Crippen molar-refractivity contribution in [3.05, 3.63) is 81.3 Å². The number of nitrogens with one attached hydrogen (secondary N) is 3. The van der Waals surface area contributed by atoms with Gasteiger partial charge in [0.25, 0.3) is 5.91 Å². The molecule has 0 fully saturated rings. The molecule has 0 bridgehead atoms. The molecule has 0 unspecified atom stereocenters. The highest BCUT2D eigenvalue weighted by Gasteiger charge is 2.12. The molecule has 9 heteroatoms. The molecule has 7 nitrogen and oxygen atoms in total. The Balaban J connectivity index is 1.35. The molecular formula is C23H21N5O2S2. The summed E-state index contributed by atoms with van der Waals surface area (Å²) in [4.78, 5) is 25.2. The minimum Gasteiger partial charge on any atom is -0.326 e. The maximum absolute atomic E-state index is 12.5. The van der Waals surface area contributed by atoms with Gasteiger partial charge in [0.05, 0.1) is 4.88 Å². The summed E-state index contributed by atoms with van der Waals surface area (Å²) in [7, 11) is 0. The molecule has 32 heavy (non-hydrogen) atoms. The standard InChI is InChI=1S/C23H21N5O2S2/c1-15-4-2-5-16(14-15)21-26-27-23(31)28(21)12-11-20(29)24-17-7-9-18(10-8-17)25-22(30)19-6-3-13-32-19/h2-10,13-14H,11-12H2,1H3,(H,24,29)(H,25,30)(H,27,31). The van der Waals surface area contributed by atoms with Crippen LogP contribution >= 0.6 is 23.6 Å². The van der Waals surface area contributed by atoms with Gasteiger partial charge in [0.2, 0.25) is 5.91 Å². The summed E-state index contributed by atoms with van der Waals surface area (Å²) < 4.78 is 2.30. The number of aryl methyl sites for hydroxylation is 1. The first-order chi connectivity index (χ1) is 15.5. The summed E-state index contributed by atoms with van der Waals surface area (Å²) in [6.45, 7) is 2.42. The molecule has 2 amide bonds. The quantitative estimate of drug-likeness (QED) is 0.326. The van der Waals surface area contributed by atoms with E-state index < -0.39 is 0 Å². The average Bonchev–Trinajstić information content (AvgIpc) is 3.44. The minimum atomic E-state index is -0.155. The first-order valence-corrected chi connectivity index (χ1v) is 11.3. The molecule has 0 aliphatic heterocycles. The van der Waals surface area contributed by atoms with Crippen molar-refractivity contribution in [3.8, 4) is 11.4 Å². The number of aromatic amines is 1. The predicted molar refractivity (Wildman–Crippen MR) is 130 cm³/mol. The van der Waals surface area contributed by atoms with Gasteiger partial charge in [0, 0.05) is 29.9 Å². The number of carbonyl (C=O) groups is 2. The third-order valence-corrected chi connectivity index (χ3v) is 5.95. The van der Waals surface area contributed by atoms with Gasteiger partial charge in [-0.1, -0.05) is 29.8 Å². The van der Waals surface area contributed by atoms with Crippen molar-refractivity contribution < 1.29 is 9.59 Å². The molecule has 162 valence electrons. The predicted octanol–water partition coefficient (Wildman–Crippen LogP) is 5.26. The van der Waals surface area contributed by atoms with E-state index in [4.69, 9.17) is 12.2 Å². The second-order valence-electron chi connectivity index (χ2n) is 7.18. The van der Waals surface area contributed by atoms with Crippen LogP contribution in [0, 0.1) is 11.7 Å². The molecule has 2 heterocycles. The summed E-state index contributed by atoms with van der Waals surface area (Å²) in [6, 6.07) is 18.6. The van der Waals surface area contributed by atoms with Gasteiger partial charge in [-0.05, 0) is 60.9 Å². The summed E-state index contributed by atoms with van der Waals surface area (Å²) in [5, 5.41) is 14.7. The van der Waals surface area contributed by atoms with Crippen LogP contribution in [0.4, 0.5) is 11.4 Å². The van der Waals surface area contributed by atoms with E-state index in [2.05, 4.69) is 20.8 Å². The lowest BCUT2D eigenvalue weighted by atomic mass is 10.1. The number of thiophene rings is 1. The van der Waals surface area contributed by atoms with Gasteiger partial charge in [-0.2, -0.15) is 5.10 Å². The maximum atomic E-state index is 12.5. The molecule has 0 saturated carbocycles. The molecule has 3 N–H and O–H groups in total. The number of anilines is 2. The zero-order valence-corrected chi connectivity index (χ0v) is 18.9. The second kappa shape index (κ2) is 9.71. The maximum Gasteiger partial charge on any atom is 0.265 e. The van der Waals surface area contributed by atoms with Gasteiger partial charge in [-0.15, -0.1) is 11.3 Å². The smallest absolute Gasteiger partial charge is 0.265 e. The minimum absolute atomic E-state index is 0.140. The number of carbonyl (C=O) groups excluding carboxylic acids is 2. The van der Waals surface area contributed by atoms with Crippen molar-refractivity contribution in [2.24, 2.45) is 0 Å². The number of benzene rings is 2. The van der Waals surface area contributed by atoms with Crippen LogP contribution in [0.1, 0.15) is 21.7 Å². The second-order valence-corrected chi connectivity index (χ2v) is 8.51. The van der Waals surface area contributed by atoms with Crippen LogP contribution < -0.4 is 10.6 Å². The Morgan fingerprint density at radius 1 is 1.06 bits per heavy atom. The van der Waals surface area contributed by atoms with E-state index in [9.17, 15) is 9.59 Å². The van der Waals surface area contributed by atoms with E-state index in [-0.39, 0.29) is 18.2 Å². The average molecular weight is 464 g/mol. The fourth-order valence-corrected chi connectivity index (χ4v) is 4.05.